The second kappa shape index (κ2) is 4.05. The third-order valence-corrected chi connectivity index (χ3v) is 2.71. The lowest BCUT2D eigenvalue weighted by atomic mass is 9.99. The first-order chi connectivity index (χ1) is 7.58. The zero-order valence-electron chi connectivity index (χ0n) is 9.71. The van der Waals surface area contributed by atoms with Crippen molar-refractivity contribution in [3.05, 3.63) is 53.1 Å². The van der Waals surface area contributed by atoms with Crippen LogP contribution < -0.4 is 0 Å². The third kappa shape index (κ3) is 1.96. The van der Waals surface area contributed by atoms with Gasteiger partial charge in [-0.15, -0.1) is 0 Å². The molecule has 1 aromatic heterocycles. The van der Waals surface area contributed by atoms with Crippen LogP contribution in [-0.4, -0.2) is 4.98 Å². The van der Waals surface area contributed by atoms with Crippen LogP contribution in [0.4, 0.5) is 4.39 Å². The lowest BCUT2D eigenvalue weighted by molar-refractivity contribution is 0.575. The van der Waals surface area contributed by atoms with Gasteiger partial charge in [0.1, 0.15) is 0 Å². The third-order valence-electron chi connectivity index (χ3n) is 2.71. The second-order valence-corrected chi connectivity index (χ2v) is 4.15. The van der Waals surface area contributed by atoms with E-state index in [1.807, 2.05) is 6.07 Å². The van der Waals surface area contributed by atoms with Gasteiger partial charge in [0.2, 0.25) is 5.95 Å². The summed E-state index contributed by atoms with van der Waals surface area (Å²) in [6.45, 7) is 5.85. The van der Waals surface area contributed by atoms with E-state index in [4.69, 9.17) is 0 Å². The molecule has 2 heteroatoms. The first kappa shape index (κ1) is 10.8. The Kier molecular flexibility index (Phi) is 2.73. The maximum absolute atomic E-state index is 13.1. The summed E-state index contributed by atoms with van der Waals surface area (Å²) >= 11 is 0. The zero-order chi connectivity index (χ0) is 11.7. The van der Waals surface area contributed by atoms with Crippen LogP contribution in [0.2, 0.25) is 0 Å². The summed E-state index contributed by atoms with van der Waals surface area (Å²) in [6, 6.07) is 8.06. The van der Waals surface area contributed by atoms with Crippen LogP contribution in [-0.2, 0) is 0 Å². The van der Waals surface area contributed by atoms with Crippen molar-refractivity contribution in [2.75, 3.05) is 0 Å². The van der Waals surface area contributed by atoms with Gasteiger partial charge in [-0.05, 0) is 38.0 Å². The molecule has 2 rings (SSSR count). The molecule has 0 fully saturated rings. The average molecular weight is 215 g/mol. The van der Waals surface area contributed by atoms with Gasteiger partial charge in [0.25, 0.3) is 0 Å². The second-order valence-electron chi connectivity index (χ2n) is 4.15. The van der Waals surface area contributed by atoms with E-state index in [1.165, 1.54) is 11.1 Å². The van der Waals surface area contributed by atoms with E-state index < -0.39 is 5.95 Å². The summed E-state index contributed by atoms with van der Waals surface area (Å²) < 4.78 is 13.1. The molecule has 16 heavy (non-hydrogen) atoms. The molecule has 0 aliphatic rings. The number of hydrogen-bond acceptors (Lipinski definition) is 1. The van der Waals surface area contributed by atoms with E-state index in [9.17, 15) is 4.39 Å². The fraction of sp³-hybridized carbons (Fsp3) is 0.214. The molecule has 0 aliphatic heterocycles. The van der Waals surface area contributed by atoms with E-state index >= 15 is 0 Å². The molecule has 1 heterocycles. The maximum Gasteiger partial charge on any atom is 0.215 e. The average Bonchev–Trinajstić information content (AvgIpc) is 2.22. The van der Waals surface area contributed by atoms with Gasteiger partial charge >= 0.3 is 0 Å². The molecule has 0 saturated heterocycles. The summed E-state index contributed by atoms with van der Waals surface area (Å²) in [4.78, 5) is 3.75. The highest BCUT2D eigenvalue weighted by Gasteiger charge is 2.05. The molecule has 2 aromatic rings. The van der Waals surface area contributed by atoms with E-state index in [-0.39, 0.29) is 0 Å². The van der Waals surface area contributed by atoms with Crippen LogP contribution in [0, 0.1) is 26.7 Å². The predicted molar refractivity (Wildman–Crippen MR) is 63.8 cm³/mol. The molecular weight excluding hydrogens is 201 g/mol. The summed E-state index contributed by atoms with van der Waals surface area (Å²) in [5.74, 6) is -0.395. The number of rotatable bonds is 1. The van der Waals surface area contributed by atoms with Crippen molar-refractivity contribution < 1.29 is 4.39 Å². The van der Waals surface area contributed by atoms with Gasteiger partial charge in [0.05, 0.1) is 0 Å². The Morgan fingerprint density at radius 3 is 2.38 bits per heavy atom. The molecule has 1 nitrogen and oxygen atoms in total. The minimum atomic E-state index is -0.395. The summed E-state index contributed by atoms with van der Waals surface area (Å²) in [6.07, 6.45) is 1.58. The molecule has 0 saturated carbocycles. The molecule has 0 aliphatic carbocycles. The molecule has 0 unspecified atom stereocenters. The Balaban J connectivity index is 2.54. The molecule has 82 valence electrons. The lowest BCUT2D eigenvalue weighted by Crippen LogP contribution is -1.91. The molecule has 1 aromatic carbocycles. The summed E-state index contributed by atoms with van der Waals surface area (Å²) in [5.41, 5.74) is 5.08. The summed E-state index contributed by atoms with van der Waals surface area (Å²) in [7, 11) is 0. The van der Waals surface area contributed by atoms with Crippen LogP contribution in [0.15, 0.2) is 30.5 Å². The predicted octanol–water partition coefficient (Wildman–Crippen LogP) is 3.81. The van der Waals surface area contributed by atoms with Gasteiger partial charge < -0.3 is 0 Å². The lowest BCUT2D eigenvalue weighted by Gasteiger charge is -2.07. The number of pyridine rings is 1. The quantitative estimate of drug-likeness (QED) is 0.659. The van der Waals surface area contributed by atoms with Crippen molar-refractivity contribution in [2.45, 2.75) is 20.8 Å². The molecule has 0 bridgehead atoms. The number of halogens is 1. The SMILES string of the molecule is Cc1ccc(-c2cnc(F)c(C)c2)c(C)c1. The number of nitrogens with zero attached hydrogens (tertiary/aromatic N) is 1. The Hall–Kier alpha value is -1.70. The standard InChI is InChI=1S/C14H14FN/c1-9-4-5-13(10(2)6-9)12-7-11(3)14(15)16-8-12/h4-8H,1-3H3. The monoisotopic (exact) mass is 215 g/mol. The Morgan fingerprint density at radius 2 is 1.75 bits per heavy atom. The van der Waals surface area contributed by atoms with Gasteiger partial charge in [-0.25, -0.2) is 4.98 Å². The number of benzene rings is 1. The highest BCUT2D eigenvalue weighted by molar-refractivity contribution is 5.67. The van der Waals surface area contributed by atoms with Crippen LogP contribution in [0.3, 0.4) is 0 Å². The number of aryl methyl sites for hydroxylation is 3. The van der Waals surface area contributed by atoms with Gasteiger partial charge in [-0.2, -0.15) is 4.39 Å². The van der Waals surface area contributed by atoms with Crippen molar-refractivity contribution in [1.82, 2.24) is 4.98 Å². The Bertz CT molecular complexity index is 532. The molecule has 0 spiro atoms. The van der Waals surface area contributed by atoms with Gasteiger partial charge in [-0.1, -0.05) is 23.8 Å². The number of aromatic nitrogens is 1. The van der Waals surface area contributed by atoms with Crippen LogP contribution in [0.5, 0.6) is 0 Å². The van der Waals surface area contributed by atoms with Crippen LogP contribution >= 0.6 is 0 Å². The molecule has 0 radical (unpaired) electrons. The van der Waals surface area contributed by atoms with Gasteiger partial charge in [0.15, 0.2) is 0 Å². The normalized spacial score (nSPS) is 10.5. The Labute approximate surface area is 95.0 Å². The highest BCUT2D eigenvalue weighted by Crippen LogP contribution is 2.24. The minimum absolute atomic E-state index is 0.395. The topological polar surface area (TPSA) is 12.9 Å². The Morgan fingerprint density at radius 1 is 1.00 bits per heavy atom. The first-order valence-electron chi connectivity index (χ1n) is 5.27. The largest absolute Gasteiger partial charge is 0.227 e. The highest BCUT2D eigenvalue weighted by atomic mass is 19.1. The van der Waals surface area contributed by atoms with Crippen LogP contribution in [0.1, 0.15) is 16.7 Å². The minimum Gasteiger partial charge on any atom is -0.227 e. The molecule has 0 N–H and O–H groups in total. The van der Waals surface area contributed by atoms with E-state index in [0.29, 0.717) is 5.56 Å². The summed E-state index contributed by atoms with van der Waals surface area (Å²) in [5, 5.41) is 0. The number of hydrogen-bond donors (Lipinski definition) is 0. The zero-order valence-corrected chi connectivity index (χ0v) is 9.71. The van der Waals surface area contributed by atoms with Crippen LogP contribution in [0.25, 0.3) is 11.1 Å². The molecular formula is C14H14FN. The fourth-order valence-corrected chi connectivity index (χ4v) is 1.84. The van der Waals surface area contributed by atoms with Crippen molar-refractivity contribution in [3.63, 3.8) is 0 Å². The van der Waals surface area contributed by atoms with Crippen molar-refractivity contribution in [1.29, 1.82) is 0 Å². The van der Waals surface area contributed by atoms with Crippen molar-refractivity contribution >= 4 is 0 Å². The van der Waals surface area contributed by atoms with E-state index in [2.05, 4.69) is 37.0 Å². The first-order valence-corrected chi connectivity index (χ1v) is 5.27. The fourth-order valence-electron chi connectivity index (χ4n) is 1.84. The van der Waals surface area contributed by atoms with Gasteiger partial charge in [-0.3, -0.25) is 0 Å². The van der Waals surface area contributed by atoms with Gasteiger partial charge in [0, 0.05) is 17.3 Å². The molecule has 0 atom stereocenters. The van der Waals surface area contributed by atoms with E-state index in [0.717, 1.165) is 11.1 Å². The smallest absolute Gasteiger partial charge is 0.215 e. The van der Waals surface area contributed by atoms with Crippen molar-refractivity contribution in [2.24, 2.45) is 0 Å². The van der Waals surface area contributed by atoms with Crippen molar-refractivity contribution in [3.8, 4) is 11.1 Å². The molecule has 0 amide bonds. The maximum atomic E-state index is 13.1. The van der Waals surface area contributed by atoms with E-state index in [1.54, 1.807) is 13.1 Å².